The number of alkyl halides is 3. The molecule has 1 aromatic heterocycles. The molecule has 1 aliphatic heterocycles. The minimum Gasteiger partial charge on any atom is -0.370 e. The molecule has 2 N–H and O–H groups in total. The number of hydrogen-bond donors (Lipinski definition) is 2. The van der Waals surface area contributed by atoms with Crippen molar-refractivity contribution in [1.29, 1.82) is 5.26 Å². The molecule has 1 saturated carbocycles. The van der Waals surface area contributed by atoms with Crippen LogP contribution in [0, 0.1) is 28.6 Å². The highest BCUT2D eigenvalue weighted by Gasteiger charge is 2.69. The highest BCUT2D eigenvalue weighted by Crippen LogP contribution is 2.65. The molecule has 2 fully saturated rings. The molecule has 6 atom stereocenters. The number of fused-ring (bicyclic) bond motifs is 2. The van der Waals surface area contributed by atoms with E-state index in [9.17, 15) is 37.6 Å². The average Bonchev–Trinajstić information content (AvgIpc) is 3.21. The number of ether oxygens (including phenoxy) is 1. The fourth-order valence-electron chi connectivity index (χ4n) is 6.30. The first kappa shape index (κ1) is 32.0. The third kappa shape index (κ3) is 6.11. The summed E-state index contributed by atoms with van der Waals surface area (Å²) in [5, 5.41) is 15.1. The summed E-state index contributed by atoms with van der Waals surface area (Å²) in [4.78, 5) is 53.6. The van der Waals surface area contributed by atoms with Gasteiger partial charge in [-0.3, -0.25) is 19.2 Å². The van der Waals surface area contributed by atoms with Crippen LogP contribution in [0.1, 0.15) is 53.1 Å². The molecule has 0 spiro atoms. The number of carbonyl (C=O) groups is 3. The zero-order valence-corrected chi connectivity index (χ0v) is 25.1. The van der Waals surface area contributed by atoms with Gasteiger partial charge in [0.1, 0.15) is 18.1 Å². The first-order chi connectivity index (χ1) is 19.8. The molecule has 1 aromatic carbocycles. The summed E-state index contributed by atoms with van der Waals surface area (Å²) in [6.07, 6.45) is -6.42. The molecule has 1 aliphatic carbocycles. The van der Waals surface area contributed by atoms with Gasteiger partial charge < -0.3 is 24.8 Å². The Kier molecular flexibility index (Phi) is 8.17. The summed E-state index contributed by atoms with van der Waals surface area (Å²) in [6.45, 7) is 10.3. The summed E-state index contributed by atoms with van der Waals surface area (Å²) >= 11 is 0. The van der Waals surface area contributed by atoms with Crippen molar-refractivity contribution in [2.75, 3.05) is 6.54 Å². The number of likely N-dealkylation sites (tertiary alicyclic amines) is 1. The van der Waals surface area contributed by atoms with E-state index >= 15 is 0 Å². The van der Waals surface area contributed by atoms with Gasteiger partial charge in [-0.05, 0) is 51.0 Å². The number of para-hydroxylation sites is 1. The van der Waals surface area contributed by atoms with Crippen LogP contribution in [0.2, 0.25) is 0 Å². The Labute approximate surface area is 247 Å². The van der Waals surface area contributed by atoms with Gasteiger partial charge in [0.05, 0.1) is 23.3 Å². The van der Waals surface area contributed by atoms with E-state index in [0.717, 1.165) is 0 Å². The van der Waals surface area contributed by atoms with E-state index in [2.05, 4.69) is 5.32 Å². The van der Waals surface area contributed by atoms with Crippen LogP contribution in [0.15, 0.2) is 35.1 Å². The van der Waals surface area contributed by atoms with Crippen LogP contribution in [-0.4, -0.2) is 63.7 Å². The number of carbonyl (C=O) groups excluding carboxylic acids is 3. The van der Waals surface area contributed by atoms with Gasteiger partial charge in [-0.15, -0.1) is 0 Å². The molecule has 4 rings (SSSR count). The molecule has 0 bridgehead atoms. The first-order valence-electron chi connectivity index (χ1n) is 13.9. The number of rotatable bonds is 7. The van der Waals surface area contributed by atoms with E-state index in [0.29, 0.717) is 10.9 Å². The van der Waals surface area contributed by atoms with Gasteiger partial charge in [0.2, 0.25) is 11.8 Å². The Morgan fingerprint density at radius 1 is 1.14 bits per heavy atom. The van der Waals surface area contributed by atoms with Crippen molar-refractivity contribution in [2.45, 2.75) is 77.5 Å². The quantitative estimate of drug-likeness (QED) is 0.500. The van der Waals surface area contributed by atoms with Gasteiger partial charge in [-0.25, -0.2) is 0 Å². The van der Waals surface area contributed by atoms with Crippen LogP contribution >= 0.6 is 0 Å². The SMILES string of the molecule is C[C@@H](OC(C)(C)C)[C@H](NC(=O)C(F)(F)F)C(=O)N1C[C@H]2[C@@H]([C@H]1C(=O)NC(C#N)c1cc(=O)n(C)c3ccccc13)C2(C)C. The summed E-state index contributed by atoms with van der Waals surface area (Å²) < 4.78 is 46.9. The van der Waals surface area contributed by atoms with Gasteiger partial charge >= 0.3 is 12.1 Å². The second kappa shape index (κ2) is 11.0. The Balaban J connectivity index is 1.67. The number of nitriles is 1. The lowest BCUT2D eigenvalue weighted by molar-refractivity contribution is -0.177. The van der Waals surface area contributed by atoms with Gasteiger partial charge in [0, 0.05) is 30.6 Å². The largest absolute Gasteiger partial charge is 0.471 e. The minimum absolute atomic E-state index is 0.0707. The molecule has 0 radical (unpaired) electrons. The fourth-order valence-corrected chi connectivity index (χ4v) is 6.30. The van der Waals surface area contributed by atoms with E-state index in [-0.39, 0.29) is 34.9 Å². The predicted molar refractivity (Wildman–Crippen MR) is 150 cm³/mol. The van der Waals surface area contributed by atoms with Gasteiger partial charge in [0.15, 0.2) is 0 Å². The monoisotopic (exact) mass is 603 g/mol. The molecule has 2 aromatic rings. The molecular weight excluding hydrogens is 567 g/mol. The highest BCUT2D eigenvalue weighted by molar-refractivity contribution is 5.95. The van der Waals surface area contributed by atoms with Crippen molar-refractivity contribution in [3.05, 3.63) is 46.2 Å². The van der Waals surface area contributed by atoms with E-state index in [1.165, 1.54) is 22.5 Å². The average molecular weight is 604 g/mol. The van der Waals surface area contributed by atoms with Crippen LogP contribution in [0.25, 0.3) is 10.9 Å². The summed E-state index contributed by atoms with van der Waals surface area (Å²) in [7, 11) is 1.59. The number of pyridine rings is 1. The van der Waals surface area contributed by atoms with Crippen LogP contribution in [0.5, 0.6) is 0 Å². The standard InChI is InChI=1S/C30H36F3N5O5/c1-15(43-28(2,3)4)23(36-27(42)30(31,32)33)26(41)38-14-18-22(29(18,5)6)24(38)25(40)35-19(13-34)17-12-21(39)37(7)20-11-9-8-10-16(17)20/h8-12,15,18-19,22-24H,14H2,1-7H3,(H,35,40)(H,36,42)/t15-,18+,19?,22+,23+,24+/m1/s1. The van der Waals surface area contributed by atoms with Crippen LogP contribution in [-0.2, 0) is 26.2 Å². The topological polar surface area (TPSA) is 134 Å². The molecular formula is C30H36F3N5O5. The van der Waals surface area contributed by atoms with Gasteiger partial charge in [-0.1, -0.05) is 32.0 Å². The molecule has 13 heteroatoms. The number of halogens is 3. The number of nitrogens with zero attached hydrogens (tertiary/aromatic N) is 3. The number of aromatic nitrogens is 1. The van der Waals surface area contributed by atoms with Crippen LogP contribution in [0.3, 0.4) is 0 Å². The third-order valence-electron chi connectivity index (χ3n) is 8.49. The lowest BCUT2D eigenvalue weighted by Crippen LogP contribution is -2.61. The van der Waals surface area contributed by atoms with Crippen molar-refractivity contribution in [1.82, 2.24) is 20.1 Å². The predicted octanol–water partition coefficient (Wildman–Crippen LogP) is 2.95. The second-order valence-corrected chi connectivity index (χ2v) is 12.9. The van der Waals surface area contributed by atoms with Crippen molar-refractivity contribution in [3.8, 4) is 6.07 Å². The lowest BCUT2D eigenvalue weighted by atomic mass is 9.97. The van der Waals surface area contributed by atoms with E-state index in [1.54, 1.807) is 57.4 Å². The zero-order chi connectivity index (χ0) is 32.2. The minimum atomic E-state index is -5.25. The molecule has 232 valence electrons. The van der Waals surface area contributed by atoms with Gasteiger partial charge in [0.25, 0.3) is 5.56 Å². The number of nitrogens with one attached hydrogen (secondary N) is 2. The molecule has 3 amide bonds. The zero-order valence-electron chi connectivity index (χ0n) is 25.1. The van der Waals surface area contributed by atoms with Gasteiger partial charge in [-0.2, -0.15) is 18.4 Å². The molecule has 10 nitrogen and oxygen atoms in total. The Bertz CT molecular complexity index is 1550. The molecule has 1 saturated heterocycles. The van der Waals surface area contributed by atoms with Crippen molar-refractivity contribution >= 4 is 28.6 Å². The molecule has 2 heterocycles. The van der Waals surface area contributed by atoms with E-state index < -0.39 is 53.7 Å². The molecule has 2 aliphatic rings. The van der Waals surface area contributed by atoms with Crippen molar-refractivity contribution < 1.29 is 32.3 Å². The Morgan fingerprint density at radius 3 is 2.35 bits per heavy atom. The van der Waals surface area contributed by atoms with E-state index in [1.807, 2.05) is 19.9 Å². The maximum atomic E-state index is 13.9. The first-order valence-corrected chi connectivity index (χ1v) is 13.9. The second-order valence-electron chi connectivity index (χ2n) is 12.9. The van der Waals surface area contributed by atoms with E-state index in [4.69, 9.17) is 4.74 Å². The van der Waals surface area contributed by atoms with Crippen LogP contribution < -0.4 is 16.2 Å². The normalized spacial score (nSPS) is 23.1. The number of hydrogen-bond acceptors (Lipinski definition) is 6. The maximum absolute atomic E-state index is 13.9. The number of aryl methyl sites for hydroxylation is 1. The molecule has 43 heavy (non-hydrogen) atoms. The van der Waals surface area contributed by atoms with Crippen molar-refractivity contribution in [3.63, 3.8) is 0 Å². The molecule has 1 unspecified atom stereocenters. The smallest absolute Gasteiger partial charge is 0.370 e. The Hall–Kier alpha value is -3.92. The lowest BCUT2D eigenvalue weighted by Gasteiger charge is -2.36. The number of piperidine rings is 1. The Morgan fingerprint density at radius 2 is 1.77 bits per heavy atom. The number of amides is 3. The summed E-state index contributed by atoms with van der Waals surface area (Å²) in [5.41, 5.74) is -0.770. The van der Waals surface area contributed by atoms with Crippen LogP contribution in [0.4, 0.5) is 13.2 Å². The maximum Gasteiger partial charge on any atom is 0.471 e. The third-order valence-corrected chi connectivity index (χ3v) is 8.49. The van der Waals surface area contributed by atoms with Crippen molar-refractivity contribution in [2.24, 2.45) is 24.3 Å². The summed E-state index contributed by atoms with van der Waals surface area (Å²) in [5.74, 6) is -4.36. The summed E-state index contributed by atoms with van der Waals surface area (Å²) in [6, 6.07) is 6.07. The fraction of sp³-hybridized carbons (Fsp3) is 0.567. The number of benzene rings is 1. The highest BCUT2D eigenvalue weighted by atomic mass is 19.4.